The molecule has 18 heavy (non-hydrogen) atoms. The van der Waals surface area contributed by atoms with E-state index in [1.807, 2.05) is 6.07 Å². The van der Waals surface area contributed by atoms with Crippen molar-refractivity contribution in [3.63, 3.8) is 0 Å². The first-order valence-electron chi connectivity index (χ1n) is 6.89. The van der Waals surface area contributed by atoms with E-state index >= 15 is 0 Å². The summed E-state index contributed by atoms with van der Waals surface area (Å²) in [6.45, 7) is 9.40. The zero-order chi connectivity index (χ0) is 13.5. The highest BCUT2D eigenvalue weighted by Gasteiger charge is 2.13. The summed E-state index contributed by atoms with van der Waals surface area (Å²) in [5.41, 5.74) is 7.24. The summed E-state index contributed by atoms with van der Waals surface area (Å²) in [5, 5.41) is 3.31. The van der Waals surface area contributed by atoms with Crippen LogP contribution in [0.25, 0.3) is 0 Å². The summed E-state index contributed by atoms with van der Waals surface area (Å²) in [6.07, 6.45) is 3.86. The average Bonchev–Trinajstić information content (AvgIpc) is 2.38. The van der Waals surface area contributed by atoms with Crippen molar-refractivity contribution >= 4 is 5.82 Å². The fourth-order valence-corrected chi connectivity index (χ4v) is 2.07. The van der Waals surface area contributed by atoms with E-state index in [4.69, 9.17) is 5.73 Å². The van der Waals surface area contributed by atoms with E-state index in [9.17, 15) is 0 Å². The highest BCUT2D eigenvalue weighted by molar-refractivity contribution is 5.35. The van der Waals surface area contributed by atoms with Gasteiger partial charge in [-0.15, -0.1) is 0 Å². The minimum absolute atomic E-state index is 0.178. The molecule has 1 rings (SSSR count). The number of rotatable bonds is 7. The molecule has 3 N–H and O–H groups in total. The molecule has 0 saturated carbocycles. The van der Waals surface area contributed by atoms with Crippen molar-refractivity contribution in [3.05, 3.63) is 18.1 Å². The Labute approximate surface area is 110 Å². The minimum atomic E-state index is 0.178. The summed E-state index contributed by atoms with van der Waals surface area (Å²) >= 11 is 0. The molecule has 0 aliphatic carbocycles. The Morgan fingerprint density at radius 3 is 2.44 bits per heavy atom. The molecule has 0 radical (unpaired) electrons. The predicted octanol–water partition coefficient (Wildman–Crippen LogP) is 2.78. The Morgan fingerprint density at radius 1 is 1.22 bits per heavy atom. The second-order valence-corrected chi connectivity index (χ2v) is 5.10. The van der Waals surface area contributed by atoms with Crippen LogP contribution in [0.1, 0.15) is 52.1 Å². The first-order chi connectivity index (χ1) is 8.58. The maximum atomic E-state index is 6.18. The molecule has 4 nitrogen and oxygen atoms in total. The van der Waals surface area contributed by atoms with Crippen LogP contribution in [0.15, 0.2) is 12.4 Å². The normalized spacial score (nSPS) is 13.1. The van der Waals surface area contributed by atoms with E-state index in [0.717, 1.165) is 30.9 Å². The van der Waals surface area contributed by atoms with Gasteiger partial charge in [-0.2, -0.15) is 0 Å². The van der Waals surface area contributed by atoms with Crippen LogP contribution < -0.4 is 11.1 Å². The highest BCUT2D eigenvalue weighted by Crippen LogP contribution is 2.15. The van der Waals surface area contributed by atoms with Gasteiger partial charge in [0.25, 0.3) is 0 Å². The molecule has 4 heteroatoms. The third-order valence-corrected chi connectivity index (χ3v) is 3.45. The lowest BCUT2D eigenvalue weighted by molar-refractivity contribution is 0.407. The molecule has 0 aromatic carbocycles. The molecule has 0 spiro atoms. The van der Waals surface area contributed by atoms with E-state index in [0.29, 0.717) is 11.8 Å². The van der Waals surface area contributed by atoms with Crippen molar-refractivity contribution in [2.45, 2.75) is 52.5 Å². The van der Waals surface area contributed by atoms with Gasteiger partial charge in [0, 0.05) is 24.3 Å². The summed E-state index contributed by atoms with van der Waals surface area (Å²) in [5.74, 6) is 1.86. The lowest BCUT2D eigenvalue weighted by Gasteiger charge is -2.21. The third kappa shape index (κ3) is 4.26. The van der Waals surface area contributed by atoms with Crippen LogP contribution >= 0.6 is 0 Å². The Morgan fingerprint density at radius 2 is 1.89 bits per heavy atom. The summed E-state index contributed by atoms with van der Waals surface area (Å²) in [4.78, 5) is 8.48. The monoisotopic (exact) mass is 250 g/mol. The Balaban J connectivity index is 2.55. The number of nitrogens with zero attached hydrogens (tertiary/aromatic N) is 2. The number of hydrogen-bond acceptors (Lipinski definition) is 4. The van der Waals surface area contributed by atoms with Gasteiger partial charge in [0.15, 0.2) is 0 Å². The maximum absolute atomic E-state index is 6.18. The van der Waals surface area contributed by atoms with Crippen molar-refractivity contribution in [2.24, 2.45) is 11.7 Å². The SMILES string of the molecule is CCC(CC)C(N)CNc1cc(C(C)C)ncn1. The number of hydrogen-bond donors (Lipinski definition) is 2. The molecule has 1 unspecified atom stereocenters. The topological polar surface area (TPSA) is 63.8 Å². The zero-order valence-electron chi connectivity index (χ0n) is 12.0. The lowest BCUT2D eigenvalue weighted by Crippen LogP contribution is -2.36. The summed E-state index contributed by atoms with van der Waals surface area (Å²) in [7, 11) is 0. The Hall–Kier alpha value is -1.16. The molecule has 1 atom stereocenters. The van der Waals surface area contributed by atoms with Crippen LogP contribution in [0.4, 0.5) is 5.82 Å². The van der Waals surface area contributed by atoms with Crippen LogP contribution in [-0.4, -0.2) is 22.6 Å². The molecule has 0 saturated heterocycles. The predicted molar refractivity (Wildman–Crippen MR) is 76.7 cm³/mol. The number of aromatic nitrogens is 2. The highest BCUT2D eigenvalue weighted by atomic mass is 15.0. The largest absolute Gasteiger partial charge is 0.368 e. The van der Waals surface area contributed by atoms with Gasteiger partial charge in [0.1, 0.15) is 12.1 Å². The molecule has 1 heterocycles. The molecule has 102 valence electrons. The van der Waals surface area contributed by atoms with Gasteiger partial charge < -0.3 is 11.1 Å². The van der Waals surface area contributed by atoms with Gasteiger partial charge in [-0.1, -0.05) is 40.5 Å². The molecular weight excluding hydrogens is 224 g/mol. The first kappa shape index (κ1) is 14.9. The number of anilines is 1. The van der Waals surface area contributed by atoms with E-state index in [1.54, 1.807) is 6.33 Å². The Bertz CT molecular complexity index is 347. The standard InChI is InChI=1S/C14H26N4/c1-5-11(6-2)12(15)8-16-14-7-13(10(3)4)17-9-18-14/h7,9-12H,5-6,8,15H2,1-4H3,(H,16,17,18). The van der Waals surface area contributed by atoms with Gasteiger partial charge in [-0.05, 0) is 11.8 Å². The van der Waals surface area contributed by atoms with Crippen molar-refractivity contribution in [2.75, 3.05) is 11.9 Å². The van der Waals surface area contributed by atoms with Crippen LogP contribution in [0.5, 0.6) is 0 Å². The van der Waals surface area contributed by atoms with Gasteiger partial charge in [0.2, 0.25) is 0 Å². The van der Waals surface area contributed by atoms with Gasteiger partial charge in [-0.25, -0.2) is 9.97 Å². The lowest BCUT2D eigenvalue weighted by atomic mass is 9.95. The molecule has 1 aromatic heterocycles. The molecule has 0 amide bonds. The van der Waals surface area contributed by atoms with E-state index < -0.39 is 0 Å². The van der Waals surface area contributed by atoms with Gasteiger partial charge in [-0.3, -0.25) is 0 Å². The zero-order valence-corrected chi connectivity index (χ0v) is 12.0. The maximum Gasteiger partial charge on any atom is 0.129 e. The molecule has 1 aromatic rings. The van der Waals surface area contributed by atoms with Crippen molar-refractivity contribution in [1.82, 2.24) is 9.97 Å². The van der Waals surface area contributed by atoms with Crippen LogP contribution in [0.2, 0.25) is 0 Å². The quantitative estimate of drug-likeness (QED) is 0.781. The molecule has 0 fully saturated rings. The second kappa shape index (κ2) is 7.31. The first-order valence-corrected chi connectivity index (χ1v) is 6.89. The van der Waals surface area contributed by atoms with Crippen LogP contribution in [0, 0.1) is 5.92 Å². The third-order valence-electron chi connectivity index (χ3n) is 3.45. The number of nitrogens with one attached hydrogen (secondary N) is 1. The van der Waals surface area contributed by atoms with E-state index in [1.165, 1.54) is 0 Å². The summed E-state index contributed by atoms with van der Waals surface area (Å²) in [6, 6.07) is 2.18. The molecule has 0 aliphatic rings. The average molecular weight is 250 g/mol. The van der Waals surface area contributed by atoms with Crippen molar-refractivity contribution < 1.29 is 0 Å². The van der Waals surface area contributed by atoms with Crippen molar-refractivity contribution in [3.8, 4) is 0 Å². The van der Waals surface area contributed by atoms with Crippen LogP contribution in [-0.2, 0) is 0 Å². The fourth-order valence-electron chi connectivity index (χ4n) is 2.07. The van der Waals surface area contributed by atoms with E-state index in [2.05, 4.69) is 43.0 Å². The second-order valence-electron chi connectivity index (χ2n) is 5.10. The molecular formula is C14H26N4. The van der Waals surface area contributed by atoms with Gasteiger partial charge >= 0.3 is 0 Å². The van der Waals surface area contributed by atoms with Crippen LogP contribution in [0.3, 0.4) is 0 Å². The van der Waals surface area contributed by atoms with Gasteiger partial charge in [0.05, 0.1) is 0 Å². The number of nitrogens with two attached hydrogens (primary N) is 1. The Kier molecular flexibility index (Phi) is 6.05. The smallest absolute Gasteiger partial charge is 0.129 e. The molecule has 0 bridgehead atoms. The minimum Gasteiger partial charge on any atom is -0.368 e. The molecule has 0 aliphatic heterocycles. The van der Waals surface area contributed by atoms with Crippen molar-refractivity contribution in [1.29, 1.82) is 0 Å². The summed E-state index contributed by atoms with van der Waals surface area (Å²) < 4.78 is 0. The van der Waals surface area contributed by atoms with E-state index in [-0.39, 0.29) is 6.04 Å². The fraction of sp³-hybridized carbons (Fsp3) is 0.714.